The Hall–Kier alpha value is -0.600. The third-order valence-corrected chi connectivity index (χ3v) is 3.88. The van der Waals surface area contributed by atoms with E-state index < -0.39 is 0 Å². The summed E-state index contributed by atoms with van der Waals surface area (Å²) in [5.74, 6) is 1.28. The Bertz CT molecular complexity index is 380. The van der Waals surface area contributed by atoms with Gasteiger partial charge in [0.15, 0.2) is 0 Å². The van der Waals surface area contributed by atoms with Crippen LogP contribution in [0.3, 0.4) is 0 Å². The molecule has 2 rings (SSSR count). The topological polar surface area (TPSA) is 12.0 Å². The van der Waals surface area contributed by atoms with Gasteiger partial charge in [-0.05, 0) is 55.5 Å². The first-order chi connectivity index (χ1) is 7.61. The van der Waals surface area contributed by atoms with Gasteiger partial charge in [0, 0.05) is 11.1 Å². The summed E-state index contributed by atoms with van der Waals surface area (Å²) in [6.45, 7) is 2.25. The van der Waals surface area contributed by atoms with Crippen molar-refractivity contribution in [1.82, 2.24) is 5.32 Å². The molecule has 0 heterocycles. The van der Waals surface area contributed by atoms with Crippen LogP contribution in [0.15, 0.2) is 18.2 Å². The van der Waals surface area contributed by atoms with Crippen molar-refractivity contribution in [3.8, 4) is 0 Å². The molecule has 1 aliphatic rings. The zero-order valence-corrected chi connectivity index (χ0v) is 10.4. The highest BCUT2D eigenvalue weighted by Crippen LogP contribution is 2.41. The maximum atomic E-state index is 13.1. The molecule has 1 saturated carbocycles. The quantitative estimate of drug-likeness (QED) is 0.853. The van der Waals surface area contributed by atoms with Crippen molar-refractivity contribution in [3.63, 3.8) is 0 Å². The summed E-state index contributed by atoms with van der Waals surface area (Å²) in [7, 11) is 1.96. The lowest BCUT2D eigenvalue weighted by Gasteiger charge is -2.16. The standard InChI is InChI=1S/C13H17ClFN/c1-8-5-11(8)13(16-2)7-9-6-10(15)3-4-12(9)14/h3-4,6,8,11,13,16H,5,7H2,1-2H3. The van der Waals surface area contributed by atoms with Gasteiger partial charge >= 0.3 is 0 Å². The maximum absolute atomic E-state index is 13.1. The number of benzene rings is 1. The molecule has 0 bridgehead atoms. The molecule has 3 heteroatoms. The molecule has 1 aromatic rings. The summed E-state index contributed by atoms with van der Waals surface area (Å²) in [6, 6.07) is 4.99. The van der Waals surface area contributed by atoms with Crippen molar-refractivity contribution < 1.29 is 4.39 Å². The van der Waals surface area contributed by atoms with E-state index in [2.05, 4.69) is 12.2 Å². The smallest absolute Gasteiger partial charge is 0.123 e. The van der Waals surface area contributed by atoms with Gasteiger partial charge in [0.2, 0.25) is 0 Å². The molecule has 0 amide bonds. The van der Waals surface area contributed by atoms with Crippen molar-refractivity contribution >= 4 is 11.6 Å². The van der Waals surface area contributed by atoms with Crippen molar-refractivity contribution in [2.24, 2.45) is 11.8 Å². The first kappa shape index (κ1) is 11.9. The van der Waals surface area contributed by atoms with Gasteiger partial charge in [0.25, 0.3) is 0 Å². The highest BCUT2D eigenvalue weighted by atomic mass is 35.5. The molecule has 0 saturated heterocycles. The normalized spacial score (nSPS) is 25.5. The van der Waals surface area contributed by atoms with Crippen LogP contribution in [0, 0.1) is 17.7 Å². The lowest BCUT2D eigenvalue weighted by molar-refractivity contribution is 0.478. The molecule has 3 unspecified atom stereocenters. The molecular weight excluding hydrogens is 225 g/mol. The molecule has 88 valence electrons. The molecule has 0 aliphatic heterocycles. The van der Waals surface area contributed by atoms with Crippen LogP contribution in [0.4, 0.5) is 4.39 Å². The minimum atomic E-state index is -0.210. The van der Waals surface area contributed by atoms with Crippen molar-refractivity contribution in [3.05, 3.63) is 34.6 Å². The Balaban J connectivity index is 2.09. The van der Waals surface area contributed by atoms with Gasteiger partial charge in [-0.15, -0.1) is 0 Å². The molecule has 1 aromatic carbocycles. The molecule has 0 aromatic heterocycles. The zero-order valence-electron chi connectivity index (χ0n) is 9.63. The molecular formula is C13H17ClFN. The maximum Gasteiger partial charge on any atom is 0.123 e. The fraction of sp³-hybridized carbons (Fsp3) is 0.538. The Kier molecular flexibility index (Phi) is 3.50. The number of rotatable bonds is 4. The van der Waals surface area contributed by atoms with Gasteiger partial charge in [-0.1, -0.05) is 18.5 Å². The zero-order chi connectivity index (χ0) is 11.7. The Morgan fingerprint density at radius 3 is 2.81 bits per heavy atom. The van der Waals surface area contributed by atoms with Crippen LogP contribution in [0.1, 0.15) is 18.9 Å². The Morgan fingerprint density at radius 2 is 2.25 bits per heavy atom. The van der Waals surface area contributed by atoms with E-state index in [0.717, 1.165) is 17.9 Å². The number of hydrogen-bond donors (Lipinski definition) is 1. The average Bonchev–Trinajstić information content (AvgIpc) is 2.97. The minimum absolute atomic E-state index is 0.210. The number of hydrogen-bond acceptors (Lipinski definition) is 1. The minimum Gasteiger partial charge on any atom is -0.316 e. The fourth-order valence-electron chi connectivity index (χ4n) is 2.32. The lowest BCUT2D eigenvalue weighted by atomic mass is 10.0. The molecule has 0 spiro atoms. The first-order valence-electron chi connectivity index (χ1n) is 5.73. The predicted octanol–water partition coefficient (Wildman–Crippen LogP) is 3.27. The second kappa shape index (κ2) is 4.72. The molecule has 1 nitrogen and oxygen atoms in total. The highest BCUT2D eigenvalue weighted by molar-refractivity contribution is 6.31. The van der Waals surface area contributed by atoms with E-state index in [1.807, 2.05) is 7.05 Å². The van der Waals surface area contributed by atoms with E-state index in [0.29, 0.717) is 17.0 Å². The van der Waals surface area contributed by atoms with Gasteiger partial charge in [-0.2, -0.15) is 0 Å². The van der Waals surface area contributed by atoms with Gasteiger partial charge in [0.1, 0.15) is 5.82 Å². The van der Waals surface area contributed by atoms with Gasteiger partial charge in [-0.3, -0.25) is 0 Å². The predicted molar refractivity (Wildman–Crippen MR) is 65.2 cm³/mol. The van der Waals surface area contributed by atoms with E-state index in [-0.39, 0.29) is 5.82 Å². The number of nitrogens with one attached hydrogen (secondary N) is 1. The average molecular weight is 242 g/mol. The third kappa shape index (κ3) is 2.55. The van der Waals surface area contributed by atoms with E-state index in [1.54, 1.807) is 12.1 Å². The van der Waals surface area contributed by atoms with E-state index in [1.165, 1.54) is 12.5 Å². The van der Waals surface area contributed by atoms with Crippen LogP contribution < -0.4 is 5.32 Å². The Morgan fingerprint density at radius 1 is 1.56 bits per heavy atom. The summed E-state index contributed by atoms with van der Waals surface area (Å²) < 4.78 is 13.1. The third-order valence-electron chi connectivity index (χ3n) is 3.51. The van der Waals surface area contributed by atoms with Crippen LogP contribution in [0.5, 0.6) is 0 Å². The Labute approximate surface area is 101 Å². The summed E-state index contributed by atoms with van der Waals surface area (Å²) in [5.41, 5.74) is 0.903. The highest BCUT2D eigenvalue weighted by Gasteiger charge is 2.38. The molecule has 1 aliphatic carbocycles. The molecule has 3 atom stereocenters. The molecule has 1 fully saturated rings. The van der Waals surface area contributed by atoms with Crippen LogP contribution in [0.2, 0.25) is 5.02 Å². The van der Waals surface area contributed by atoms with Crippen molar-refractivity contribution in [1.29, 1.82) is 0 Å². The summed E-state index contributed by atoms with van der Waals surface area (Å²) in [5, 5.41) is 3.97. The van der Waals surface area contributed by atoms with Gasteiger partial charge in [0.05, 0.1) is 0 Å². The fourth-order valence-corrected chi connectivity index (χ4v) is 2.51. The molecule has 16 heavy (non-hydrogen) atoms. The monoisotopic (exact) mass is 241 g/mol. The molecule has 1 N–H and O–H groups in total. The summed E-state index contributed by atoms with van der Waals surface area (Å²) in [6.07, 6.45) is 2.07. The van der Waals surface area contributed by atoms with Crippen LogP contribution in [0.25, 0.3) is 0 Å². The van der Waals surface area contributed by atoms with Crippen LogP contribution in [-0.4, -0.2) is 13.1 Å². The second-order valence-corrected chi connectivity index (χ2v) is 5.12. The van der Waals surface area contributed by atoms with E-state index >= 15 is 0 Å². The summed E-state index contributed by atoms with van der Waals surface area (Å²) >= 11 is 6.06. The van der Waals surface area contributed by atoms with Crippen molar-refractivity contribution in [2.75, 3.05) is 7.05 Å². The van der Waals surface area contributed by atoms with E-state index in [9.17, 15) is 4.39 Å². The van der Waals surface area contributed by atoms with Crippen LogP contribution in [-0.2, 0) is 6.42 Å². The number of likely N-dealkylation sites (N-methyl/N-ethyl adjacent to an activating group) is 1. The number of halogens is 2. The SMILES string of the molecule is CNC(Cc1cc(F)ccc1Cl)C1CC1C. The largest absolute Gasteiger partial charge is 0.316 e. The first-order valence-corrected chi connectivity index (χ1v) is 6.10. The molecule has 0 radical (unpaired) electrons. The second-order valence-electron chi connectivity index (χ2n) is 4.71. The summed E-state index contributed by atoms with van der Waals surface area (Å²) in [4.78, 5) is 0. The van der Waals surface area contributed by atoms with Gasteiger partial charge < -0.3 is 5.32 Å². The lowest BCUT2D eigenvalue weighted by Crippen LogP contribution is -2.30. The van der Waals surface area contributed by atoms with Crippen molar-refractivity contribution in [2.45, 2.75) is 25.8 Å². The van der Waals surface area contributed by atoms with Crippen LogP contribution >= 0.6 is 11.6 Å². The van der Waals surface area contributed by atoms with Gasteiger partial charge in [-0.25, -0.2) is 4.39 Å². The van der Waals surface area contributed by atoms with E-state index in [4.69, 9.17) is 11.6 Å².